The zero-order valence-electron chi connectivity index (χ0n) is 9.14. The average molecular weight is 235 g/mol. The van der Waals surface area contributed by atoms with E-state index in [0.717, 1.165) is 5.56 Å². The van der Waals surface area contributed by atoms with E-state index in [1.54, 1.807) is 18.2 Å². The molecule has 0 saturated carbocycles. The van der Waals surface area contributed by atoms with Gasteiger partial charge in [-0.15, -0.1) is 0 Å². The highest BCUT2D eigenvalue weighted by Gasteiger charge is 2.10. The Labute approximate surface area is 97.0 Å². The number of aromatic nitrogens is 1. The van der Waals surface area contributed by atoms with E-state index >= 15 is 0 Å². The molecule has 0 aliphatic rings. The van der Waals surface area contributed by atoms with Gasteiger partial charge in [0, 0.05) is 11.6 Å². The van der Waals surface area contributed by atoms with Crippen LogP contribution in [0.1, 0.15) is 5.76 Å². The van der Waals surface area contributed by atoms with Crippen molar-refractivity contribution in [2.24, 2.45) is 0 Å². The van der Waals surface area contributed by atoms with E-state index in [0.29, 0.717) is 11.5 Å². The highest BCUT2D eigenvalue weighted by Crippen LogP contribution is 2.19. The average Bonchev–Trinajstić information content (AvgIpc) is 2.78. The van der Waals surface area contributed by atoms with E-state index in [1.807, 2.05) is 0 Å². The number of benzene rings is 1. The first-order valence-corrected chi connectivity index (χ1v) is 4.97. The largest absolute Gasteiger partial charge is 0.469 e. The van der Waals surface area contributed by atoms with Crippen molar-refractivity contribution in [3.8, 4) is 11.3 Å². The monoisotopic (exact) mass is 235 g/mol. The second-order valence-electron chi connectivity index (χ2n) is 3.44. The molecular formula is C12H10FNO3. The van der Waals surface area contributed by atoms with Gasteiger partial charge in [0.25, 0.3) is 0 Å². The van der Waals surface area contributed by atoms with Crippen LogP contribution in [0, 0.1) is 5.82 Å². The van der Waals surface area contributed by atoms with Crippen LogP contribution in [-0.2, 0) is 16.0 Å². The van der Waals surface area contributed by atoms with Gasteiger partial charge < -0.3 is 9.26 Å². The van der Waals surface area contributed by atoms with E-state index in [1.165, 1.54) is 19.2 Å². The standard InChI is InChI=1S/C12H10FNO3/c1-16-12(15)7-10-6-11(14-17-10)8-2-4-9(13)5-3-8/h2-6H,7H2,1H3. The minimum absolute atomic E-state index is 0.0324. The number of carbonyl (C=O) groups excluding carboxylic acids is 1. The van der Waals surface area contributed by atoms with Crippen LogP contribution in [0.25, 0.3) is 11.3 Å². The van der Waals surface area contributed by atoms with Crippen LogP contribution >= 0.6 is 0 Å². The summed E-state index contributed by atoms with van der Waals surface area (Å²) >= 11 is 0. The minimum atomic E-state index is -0.396. The van der Waals surface area contributed by atoms with Gasteiger partial charge in [-0.3, -0.25) is 4.79 Å². The summed E-state index contributed by atoms with van der Waals surface area (Å²) in [5.41, 5.74) is 1.29. The second kappa shape index (κ2) is 4.78. The topological polar surface area (TPSA) is 52.3 Å². The molecule has 0 fully saturated rings. The summed E-state index contributed by atoms with van der Waals surface area (Å²) in [6.07, 6.45) is 0.0324. The first-order valence-electron chi connectivity index (χ1n) is 4.97. The molecule has 0 saturated heterocycles. The third-order valence-corrected chi connectivity index (χ3v) is 2.25. The van der Waals surface area contributed by atoms with Crippen molar-refractivity contribution in [1.29, 1.82) is 0 Å². The molecule has 0 atom stereocenters. The number of nitrogens with zero attached hydrogens (tertiary/aromatic N) is 1. The Bertz CT molecular complexity index is 519. The molecular weight excluding hydrogens is 225 g/mol. The maximum absolute atomic E-state index is 12.7. The van der Waals surface area contributed by atoms with Crippen molar-refractivity contribution >= 4 is 5.97 Å². The highest BCUT2D eigenvalue weighted by molar-refractivity contribution is 5.72. The molecule has 4 nitrogen and oxygen atoms in total. The van der Waals surface area contributed by atoms with Crippen LogP contribution in [0.4, 0.5) is 4.39 Å². The fourth-order valence-electron chi connectivity index (χ4n) is 1.37. The molecule has 0 bridgehead atoms. The molecule has 0 aliphatic heterocycles. The van der Waals surface area contributed by atoms with Crippen molar-refractivity contribution < 1.29 is 18.4 Å². The summed E-state index contributed by atoms with van der Waals surface area (Å²) in [5.74, 6) is -0.296. The SMILES string of the molecule is COC(=O)Cc1cc(-c2ccc(F)cc2)no1. The molecule has 0 amide bonds. The number of halogens is 1. The molecule has 0 aliphatic carbocycles. The first-order chi connectivity index (χ1) is 8.19. The predicted octanol–water partition coefficient (Wildman–Crippen LogP) is 2.20. The fourth-order valence-corrected chi connectivity index (χ4v) is 1.37. The number of ether oxygens (including phenoxy) is 1. The van der Waals surface area contributed by atoms with E-state index in [2.05, 4.69) is 9.89 Å². The number of rotatable bonds is 3. The second-order valence-corrected chi connectivity index (χ2v) is 3.44. The van der Waals surface area contributed by atoms with Crippen LogP contribution < -0.4 is 0 Å². The normalized spacial score (nSPS) is 10.2. The van der Waals surface area contributed by atoms with Gasteiger partial charge in [-0.2, -0.15) is 0 Å². The Hall–Kier alpha value is -2.17. The number of esters is 1. The smallest absolute Gasteiger partial charge is 0.313 e. The minimum Gasteiger partial charge on any atom is -0.469 e. The Morgan fingerprint density at radius 1 is 1.41 bits per heavy atom. The lowest BCUT2D eigenvalue weighted by atomic mass is 10.1. The molecule has 0 unspecified atom stereocenters. The van der Waals surface area contributed by atoms with Gasteiger partial charge in [0.1, 0.15) is 23.7 Å². The van der Waals surface area contributed by atoms with Gasteiger partial charge in [-0.05, 0) is 24.3 Å². The van der Waals surface area contributed by atoms with Crippen molar-refractivity contribution in [2.45, 2.75) is 6.42 Å². The van der Waals surface area contributed by atoms with E-state index in [9.17, 15) is 9.18 Å². The Morgan fingerprint density at radius 2 is 2.12 bits per heavy atom. The quantitative estimate of drug-likeness (QED) is 0.765. The van der Waals surface area contributed by atoms with Crippen LogP contribution in [0.2, 0.25) is 0 Å². The van der Waals surface area contributed by atoms with Gasteiger partial charge in [-0.1, -0.05) is 5.16 Å². The summed E-state index contributed by atoms with van der Waals surface area (Å²) in [5, 5.41) is 3.80. The van der Waals surface area contributed by atoms with Crippen molar-refractivity contribution in [2.75, 3.05) is 7.11 Å². The molecule has 1 aromatic heterocycles. The lowest BCUT2D eigenvalue weighted by molar-refractivity contribution is -0.140. The third kappa shape index (κ3) is 2.69. The number of hydrogen-bond acceptors (Lipinski definition) is 4. The summed E-state index contributed by atoms with van der Waals surface area (Å²) in [6.45, 7) is 0. The summed E-state index contributed by atoms with van der Waals surface area (Å²) < 4.78 is 22.2. The van der Waals surface area contributed by atoms with Crippen LogP contribution in [0.15, 0.2) is 34.9 Å². The van der Waals surface area contributed by atoms with Crippen molar-refractivity contribution in [1.82, 2.24) is 5.16 Å². The summed E-state index contributed by atoms with van der Waals surface area (Å²) in [4.78, 5) is 11.0. The zero-order valence-corrected chi connectivity index (χ0v) is 9.14. The molecule has 2 rings (SSSR count). The molecule has 0 spiro atoms. The van der Waals surface area contributed by atoms with Crippen molar-refractivity contribution in [3.05, 3.63) is 41.9 Å². The summed E-state index contributed by atoms with van der Waals surface area (Å²) in [7, 11) is 1.31. The van der Waals surface area contributed by atoms with Gasteiger partial charge in [0.15, 0.2) is 0 Å². The summed E-state index contributed by atoms with van der Waals surface area (Å²) in [6, 6.07) is 7.49. The number of methoxy groups -OCH3 is 1. The lowest BCUT2D eigenvalue weighted by Gasteiger charge is -1.93. The molecule has 1 aromatic carbocycles. The Balaban J connectivity index is 2.18. The van der Waals surface area contributed by atoms with E-state index < -0.39 is 5.97 Å². The molecule has 2 aromatic rings. The van der Waals surface area contributed by atoms with Gasteiger partial charge >= 0.3 is 5.97 Å². The highest BCUT2D eigenvalue weighted by atomic mass is 19.1. The maximum Gasteiger partial charge on any atom is 0.313 e. The van der Waals surface area contributed by atoms with E-state index in [4.69, 9.17) is 4.52 Å². The van der Waals surface area contributed by atoms with Gasteiger partial charge in [0.2, 0.25) is 0 Å². The van der Waals surface area contributed by atoms with Gasteiger partial charge in [0.05, 0.1) is 7.11 Å². The maximum atomic E-state index is 12.7. The van der Waals surface area contributed by atoms with Crippen LogP contribution in [0.5, 0.6) is 0 Å². The molecule has 0 radical (unpaired) electrons. The zero-order chi connectivity index (χ0) is 12.3. The van der Waals surface area contributed by atoms with Crippen LogP contribution in [-0.4, -0.2) is 18.2 Å². The third-order valence-electron chi connectivity index (χ3n) is 2.25. The molecule has 17 heavy (non-hydrogen) atoms. The van der Waals surface area contributed by atoms with E-state index in [-0.39, 0.29) is 12.2 Å². The fraction of sp³-hybridized carbons (Fsp3) is 0.167. The molecule has 0 N–H and O–H groups in total. The Kier molecular flexibility index (Phi) is 3.18. The number of hydrogen-bond donors (Lipinski definition) is 0. The lowest BCUT2D eigenvalue weighted by Crippen LogP contribution is -2.03. The molecule has 88 valence electrons. The first kappa shape index (κ1) is 11.3. The van der Waals surface area contributed by atoms with Gasteiger partial charge in [-0.25, -0.2) is 4.39 Å². The molecule has 5 heteroatoms. The Morgan fingerprint density at radius 3 is 2.76 bits per heavy atom. The molecule has 1 heterocycles. The number of carbonyl (C=O) groups is 1. The van der Waals surface area contributed by atoms with Crippen LogP contribution in [0.3, 0.4) is 0 Å². The van der Waals surface area contributed by atoms with Crippen molar-refractivity contribution in [3.63, 3.8) is 0 Å². The predicted molar refractivity (Wildman–Crippen MR) is 57.6 cm³/mol.